The van der Waals surface area contributed by atoms with Crippen molar-refractivity contribution in [1.82, 2.24) is 15.0 Å². The summed E-state index contributed by atoms with van der Waals surface area (Å²) in [6.07, 6.45) is 3.58. The summed E-state index contributed by atoms with van der Waals surface area (Å²) in [5, 5.41) is 5.96. The van der Waals surface area contributed by atoms with E-state index in [1.165, 1.54) is 19.0 Å². The molecule has 2 N–H and O–H groups in total. The van der Waals surface area contributed by atoms with Crippen LogP contribution in [-0.4, -0.2) is 53.8 Å². The van der Waals surface area contributed by atoms with Gasteiger partial charge in [0.15, 0.2) is 0 Å². The molecule has 1 aromatic heterocycles. The predicted molar refractivity (Wildman–Crippen MR) is 127 cm³/mol. The summed E-state index contributed by atoms with van der Waals surface area (Å²) in [5.41, 5.74) is 2.61. The number of hydrogen-bond acceptors (Lipinski definition) is 8. The minimum Gasteiger partial charge on any atom is -0.375 e. The lowest BCUT2D eigenvalue weighted by Crippen LogP contribution is -2.38. The molecule has 0 atom stereocenters. The first-order valence-corrected chi connectivity index (χ1v) is 10.9. The molecule has 0 saturated carbocycles. The second-order valence-electron chi connectivity index (χ2n) is 7.78. The van der Waals surface area contributed by atoms with Gasteiger partial charge < -0.3 is 25.0 Å². The number of carbonyl (C=O) groups is 1. The maximum absolute atomic E-state index is 11.7. The van der Waals surface area contributed by atoms with E-state index in [9.17, 15) is 4.79 Å². The summed E-state index contributed by atoms with van der Waals surface area (Å²) >= 11 is 0. The van der Waals surface area contributed by atoms with Gasteiger partial charge in [0.1, 0.15) is 12.9 Å². The lowest BCUT2D eigenvalue weighted by atomic mass is 10.1. The Morgan fingerprint density at radius 1 is 1.06 bits per heavy atom. The predicted octanol–water partition coefficient (Wildman–Crippen LogP) is 3.39. The second-order valence-corrected chi connectivity index (χ2v) is 7.78. The number of piperidine rings is 1. The molecule has 0 aliphatic carbocycles. The van der Waals surface area contributed by atoms with Crippen molar-refractivity contribution in [3.63, 3.8) is 0 Å². The Morgan fingerprint density at radius 2 is 1.85 bits per heavy atom. The highest BCUT2D eigenvalue weighted by Gasteiger charge is 2.22. The molecule has 172 valence electrons. The van der Waals surface area contributed by atoms with Gasteiger partial charge in [0.2, 0.25) is 17.8 Å². The SMILES string of the molecule is COCC(=O)Nc1cccc(Nc2ncnc(N3CCC(OCc4ccccc4)CC3)n2)c1. The Kier molecular flexibility index (Phi) is 7.78. The van der Waals surface area contributed by atoms with Gasteiger partial charge in [0.25, 0.3) is 0 Å². The first-order valence-electron chi connectivity index (χ1n) is 10.9. The number of aromatic nitrogens is 3. The molecule has 0 spiro atoms. The van der Waals surface area contributed by atoms with Crippen molar-refractivity contribution < 1.29 is 14.3 Å². The number of hydrogen-bond donors (Lipinski definition) is 2. The topological polar surface area (TPSA) is 102 Å². The number of benzene rings is 2. The molecule has 1 aliphatic heterocycles. The lowest BCUT2D eigenvalue weighted by molar-refractivity contribution is -0.119. The van der Waals surface area contributed by atoms with E-state index in [4.69, 9.17) is 9.47 Å². The van der Waals surface area contributed by atoms with Gasteiger partial charge in [-0.15, -0.1) is 0 Å². The van der Waals surface area contributed by atoms with Gasteiger partial charge >= 0.3 is 0 Å². The molecule has 4 rings (SSSR count). The number of nitrogens with zero attached hydrogens (tertiary/aromatic N) is 4. The van der Waals surface area contributed by atoms with Gasteiger partial charge in [-0.2, -0.15) is 4.98 Å². The minimum atomic E-state index is -0.215. The van der Waals surface area contributed by atoms with E-state index in [1.807, 2.05) is 42.5 Å². The summed E-state index contributed by atoms with van der Waals surface area (Å²) < 4.78 is 10.9. The number of amides is 1. The van der Waals surface area contributed by atoms with Crippen LogP contribution in [-0.2, 0) is 20.9 Å². The fourth-order valence-electron chi connectivity index (χ4n) is 3.64. The standard InChI is InChI=1S/C24H28N6O3/c1-32-16-22(31)27-19-8-5-9-20(14-19)28-23-25-17-26-24(29-23)30-12-10-21(11-13-30)33-15-18-6-3-2-4-7-18/h2-9,14,17,21H,10-13,15-16H2,1H3,(H,27,31)(H,25,26,28,29). The molecule has 0 bridgehead atoms. The first kappa shape index (κ1) is 22.6. The molecule has 2 heterocycles. The van der Waals surface area contributed by atoms with E-state index in [2.05, 4.69) is 42.6 Å². The third kappa shape index (κ3) is 6.71. The summed E-state index contributed by atoms with van der Waals surface area (Å²) in [6, 6.07) is 17.6. The Hall–Kier alpha value is -3.56. The molecule has 1 aliphatic rings. The Labute approximate surface area is 193 Å². The number of anilines is 4. The molecule has 9 heteroatoms. The molecule has 1 fully saturated rings. The van der Waals surface area contributed by atoms with E-state index in [-0.39, 0.29) is 18.6 Å². The molecule has 3 aromatic rings. The smallest absolute Gasteiger partial charge is 0.250 e. The minimum absolute atomic E-state index is 0.00245. The Bertz CT molecular complexity index is 1040. The van der Waals surface area contributed by atoms with Crippen molar-refractivity contribution in [1.29, 1.82) is 0 Å². The van der Waals surface area contributed by atoms with Crippen LogP contribution in [0.4, 0.5) is 23.3 Å². The lowest BCUT2D eigenvalue weighted by Gasteiger charge is -2.31. The summed E-state index contributed by atoms with van der Waals surface area (Å²) in [4.78, 5) is 27.0. The highest BCUT2D eigenvalue weighted by atomic mass is 16.5. The van der Waals surface area contributed by atoms with Crippen LogP contribution in [0.3, 0.4) is 0 Å². The van der Waals surface area contributed by atoms with E-state index in [0.717, 1.165) is 31.6 Å². The first-order chi connectivity index (χ1) is 16.2. The average Bonchev–Trinajstić information content (AvgIpc) is 2.84. The van der Waals surface area contributed by atoms with Crippen molar-refractivity contribution in [2.75, 3.05) is 42.3 Å². The maximum atomic E-state index is 11.7. The maximum Gasteiger partial charge on any atom is 0.250 e. The van der Waals surface area contributed by atoms with Gasteiger partial charge in [0, 0.05) is 31.6 Å². The quantitative estimate of drug-likeness (QED) is 0.514. The van der Waals surface area contributed by atoms with Gasteiger partial charge in [0.05, 0.1) is 12.7 Å². The number of methoxy groups -OCH3 is 1. The fraction of sp³-hybridized carbons (Fsp3) is 0.333. The number of nitrogens with one attached hydrogen (secondary N) is 2. The van der Waals surface area contributed by atoms with Crippen molar-refractivity contribution in [3.8, 4) is 0 Å². The van der Waals surface area contributed by atoms with E-state index < -0.39 is 0 Å². The molecule has 9 nitrogen and oxygen atoms in total. The normalized spacial score (nSPS) is 14.2. The third-order valence-corrected chi connectivity index (χ3v) is 5.29. The van der Waals surface area contributed by atoms with Gasteiger partial charge in [-0.05, 0) is 36.6 Å². The van der Waals surface area contributed by atoms with Crippen LogP contribution in [0.5, 0.6) is 0 Å². The molecular formula is C24H28N6O3. The van der Waals surface area contributed by atoms with Crippen molar-refractivity contribution in [3.05, 3.63) is 66.5 Å². The van der Waals surface area contributed by atoms with E-state index in [1.54, 1.807) is 0 Å². The largest absolute Gasteiger partial charge is 0.375 e. The van der Waals surface area contributed by atoms with Crippen LogP contribution < -0.4 is 15.5 Å². The second kappa shape index (κ2) is 11.3. The van der Waals surface area contributed by atoms with Gasteiger partial charge in [-0.25, -0.2) is 9.97 Å². The molecule has 33 heavy (non-hydrogen) atoms. The molecular weight excluding hydrogens is 420 g/mol. The van der Waals surface area contributed by atoms with Crippen molar-refractivity contribution >= 4 is 29.2 Å². The molecule has 1 saturated heterocycles. The molecule has 0 unspecified atom stereocenters. The molecule has 2 aromatic carbocycles. The van der Waals surface area contributed by atoms with Crippen LogP contribution in [0.1, 0.15) is 18.4 Å². The highest BCUT2D eigenvalue weighted by Crippen LogP contribution is 2.22. The zero-order valence-corrected chi connectivity index (χ0v) is 18.6. The van der Waals surface area contributed by atoms with E-state index >= 15 is 0 Å². The van der Waals surface area contributed by atoms with Crippen LogP contribution in [0.2, 0.25) is 0 Å². The van der Waals surface area contributed by atoms with Crippen LogP contribution >= 0.6 is 0 Å². The van der Waals surface area contributed by atoms with Crippen LogP contribution in [0.15, 0.2) is 60.9 Å². The van der Waals surface area contributed by atoms with Crippen LogP contribution in [0.25, 0.3) is 0 Å². The fourth-order valence-corrected chi connectivity index (χ4v) is 3.64. The summed E-state index contributed by atoms with van der Waals surface area (Å²) in [5.74, 6) is 0.870. The number of ether oxygens (including phenoxy) is 2. The Morgan fingerprint density at radius 3 is 2.64 bits per heavy atom. The monoisotopic (exact) mass is 448 g/mol. The summed E-state index contributed by atoms with van der Waals surface area (Å²) in [6.45, 7) is 2.28. The van der Waals surface area contributed by atoms with Crippen molar-refractivity contribution in [2.45, 2.75) is 25.6 Å². The third-order valence-electron chi connectivity index (χ3n) is 5.29. The summed E-state index contributed by atoms with van der Waals surface area (Å²) in [7, 11) is 1.48. The zero-order chi connectivity index (χ0) is 22.9. The highest BCUT2D eigenvalue weighted by molar-refractivity contribution is 5.92. The van der Waals surface area contributed by atoms with Crippen LogP contribution in [0, 0.1) is 0 Å². The van der Waals surface area contributed by atoms with Gasteiger partial charge in [-0.1, -0.05) is 36.4 Å². The van der Waals surface area contributed by atoms with Crippen molar-refractivity contribution in [2.24, 2.45) is 0 Å². The Balaban J connectivity index is 1.31. The zero-order valence-electron chi connectivity index (χ0n) is 18.6. The van der Waals surface area contributed by atoms with Gasteiger partial charge in [-0.3, -0.25) is 4.79 Å². The molecule has 0 radical (unpaired) electrons. The number of carbonyl (C=O) groups excluding carboxylic acids is 1. The molecule has 1 amide bonds. The van der Waals surface area contributed by atoms with E-state index in [0.29, 0.717) is 24.2 Å². The average molecular weight is 449 g/mol. The number of rotatable bonds is 9.